The van der Waals surface area contributed by atoms with Gasteiger partial charge in [0.2, 0.25) is 5.91 Å². The average Bonchev–Trinajstić information content (AvgIpc) is 2.35. The van der Waals surface area contributed by atoms with Crippen LogP contribution in [-0.2, 0) is 9.53 Å². The molecule has 1 aromatic rings. The lowest BCUT2D eigenvalue weighted by atomic mass is 10.2. The molecular weight excluding hydrogens is 338 g/mol. The fraction of sp³-hybridized carbons (Fsp3) is 0.417. The first-order valence-corrected chi connectivity index (χ1v) is 6.51. The third-order valence-electron chi connectivity index (χ3n) is 2.62. The lowest BCUT2D eigenvalue weighted by Crippen LogP contribution is -2.40. The van der Waals surface area contributed by atoms with Crippen LogP contribution in [0.4, 0.5) is 10.1 Å². The molecule has 0 bridgehead atoms. The third-order valence-corrected chi connectivity index (χ3v) is 3.23. The molecule has 1 aliphatic heterocycles. The van der Waals surface area contributed by atoms with Crippen LogP contribution in [0.1, 0.15) is 6.42 Å². The van der Waals surface area contributed by atoms with Crippen LogP contribution in [0.15, 0.2) is 22.7 Å². The molecule has 1 aromatic carbocycles. The van der Waals surface area contributed by atoms with Gasteiger partial charge < -0.3 is 15.4 Å². The number of amides is 1. The average molecular weight is 354 g/mol. The fourth-order valence-electron chi connectivity index (χ4n) is 1.74. The normalized spacial score (nSPS) is 18.5. The van der Waals surface area contributed by atoms with Gasteiger partial charge >= 0.3 is 0 Å². The molecule has 2 rings (SSSR count). The Bertz CT molecular complexity index is 442. The van der Waals surface area contributed by atoms with Gasteiger partial charge in [0.1, 0.15) is 5.82 Å². The molecule has 1 unspecified atom stereocenters. The number of rotatable bonds is 3. The van der Waals surface area contributed by atoms with Crippen molar-refractivity contribution in [2.45, 2.75) is 12.5 Å². The highest BCUT2D eigenvalue weighted by Gasteiger charge is 2.17. The Hall–Kier alpha value is -0.690. The van der Waals surface area contributed by atoms with Gasteiger partial charge in [-0.15, -0.1) is 12.4 Å². The Morgan fingerprint density at radius 1 is 1.58 bits per heavy atom. The minimum absolute atomic E-state index is 0. The van der Waals surface area contributed by atoms with Crippen molar-refractivity contribution < 1.29 is 13.9 Å². The summed E-state index contributed by atoms with van der Waals surface area (Å²) in [5, 5.41) is 5.87. The van der Waals surface area contributed by atoms with E-state index < -0.39 is 0 Å². The predicted molar refractivity (Wildman–Crippen MR) is 77.2 cm³/mol. The van der Waals surface area contributed by atoms with Crippen LogP contribution in [0.5, 0.6) is 0 Å². The van der Waals surface area contributed by atoms with E-state index in [-0.39, 0.29) is 30.2 Å². The minimum Gasteiger partial charge on any atom is -0.375 e. The zero-order chi connectivity index (χ0) is 13.0. The minimum atomic E-state index is -0.354. The number of nitrogens with one attached hydrogen (secondary N) is 2. The van der Waals surface area contributed by atoms with Crippen molar-refractivity contribution in [1.29, 1.82) is 0 Å². The zero-order valence-corrected chi connectivity index (χ0v) is 12.5. The van der Waals surface area contributed by atoms with E-state index in [2.05, 4.69) is 26.6 Å². The molecule has 0 spiro atoms. The predicted octanol–water partition coefficient (Wildman–Crippen LogP) is 2.33. The van der Waals surface area contributed by atoms with Crippen molar-refractivity contribution in [2.24, 2.45) is 0 Å². The number of hydrogen-bond donors (Lipinski definition) is 2. The maximum atomic E-state index is 13.0. The van der Waals surface area contributed by atoms with Crippen LogP contribution in [0, 0.1) is 5.82 Å². The van der Waals surface area contributed by atoms with E-state index >= 15 is 0 Å². The Labute approximate surface area is 125 Å². The van der Waals surface area contributed by atoms with Crippen molar-refractivity contribution >= 4 is 39.9 Å². The molecule has 4 nitrogen and oxygen atoms in total. The van der Waals surface area contributed by atoms with E-state index in [4.69, 9.17) is 4.74 Å². The first kappa shape index (κ1) is 16.4. The third kappa shape index (κ3) is 5.06. The second-order valence-electron chi connectivity index (χ2n) is 4.08. The molecular formula is C12H15BrClFN2O2. The summed E-state index contributed by atoms with van der Waals surface area (Å²) >= 11 is 3.07. The summed E-state index contributed by atoms with van der Waals surface area (Å²) in [6.45, 7) is 2.13. The summed E-state index contributed by atoms with van der Waals surface area (Å²) < 4.78 is 18.8. The van der Waals surface area contributed by atoms with Crippen molar-refractivity contribution in [2.75, 3.05) is 25.0 Å². The Morgan fingerprint density at radius 3 is 3.00 bits per heavy atom. The highest BCUT2D eigenvalue weighted by Crippen LogP contribution is 2.20. The van der Waals surface area contributed by atoms with Gasteiger partial charge in [0.05, 0.1) is 23.6 Å². The van der Waals surface area contributed by atoms with Crippen molar-refractivity contribution in [3.8, 4) is 0 Å². The molecule has 0 aliphatic carbocycles. The fourth-order valence-corrected chi connectivity index (χ4v) is 2.12. The van der Waals surface area contributed by atoms with Crippen molar-refractivity contribution in [3.63, 3.8) is 0 Å². The smallest absolute Gasteiger partial charge is 0.227 e. The number of ether oxygens (including phenoxy) is 1. The van der Waals surface area contributed by atoms with Crippen LogP contribution >= 0.6 is 28.3 Å². The summed E-state index contributed by atoms with van der Waals surface area (Å²) in [4.78, 5) is 11.7. The number of benzene rings is 1. The van der Waals surface area contributed by atoms with Crippen LogP contribution in [0.2, 0.25) is 0 Å². The molecule has 1 saturated heterocycles. The van der Waals surface area contributed by atoms with Gasteiger partial charge in [-0.2, -0.15) is 0 Å². The lowest BCUT2D eigenvalue weighted by molar-refractivity contribution is -0.119. The van der Waals surface area contributed by atoms with E-state index in [0.717, 1.165) is 6.54 Å². The number of carbonyl (C=O) groups is 1. The van der Waals surface area contributed by atoms with Gasteiger partial charge in [0, 0.05) is 18.8 Å². The van der Waals surface area contributed by atoms with Gasteiger partial charge in [-0.1, -0.05) is 0 Å². The quantitative estimate of drug-likeness (QED) is 0.877. The number of anilines is 1. The van der Waals surface area contributed by atoms with E-state index in [1.165, 1.54) is 18.2 Å². The van der Waals surface area contributed by atoms with E-state index in [9.17, 15) is 9.18 Å². The highest BCUT2D eigenvalue weighted by atomic mass is 79.9. The van der Waals surface area contributed by atoms with E-state index in [0.29, 0.717) is 29.7 Å². The zero-order valence-electron chi connectivity index (χ0n) is 10.1. The Balaban J connectivity index is 0.00000180. The molecule has 0 aromatic heterocycles. The highest BCUT2D eigenvalue weighted by molar-refractivity contribution is 9.10. The molecule has 19 heavy (non-hydrogen) atoms. The topological polar surface area (TPSA) is 50.4 Å². The molecule has 0 radical (unpaired) electrons. The largest absolute Gasteiger partial charge is 0.375 e. The Morgan fingerprint density at radius 2 is 2.37 bits per heavy atom. The monoisotopic (exact) mass is 352 g/mol. The van der Waals surface area contributed by atoms with E-state index in [1.807, 2.05) is 0 Å². The molecule has 1 fully saturated rings. The molecule has 1 heterocycles. The number of hydrogen-bond acceptors (Lipinski definition) is 3. The molecule has 1 atom stereocenters. The van der Waals surface area contributed by atoms with Gasteiger partial charge in [-0.05, 0) is 34.1 Å². The lowest BCUT2D eigenvalue weighted by Gasteiger charge is -2.23. The Kier molecular flexibility index (Phi) is 6.71. The van der Waals surface area contributed by atoms with Gasteiger partial charge in [-0.25, -0.2) is 4.39 Å². The number of carbonyl (C=O) groups excluding carboxylic acids is 1. The van der Waals surface area contributed by atoms with Gasteiger partial charge in [0.15, 0.2) is 0 Å². The summed E-state index contributed by atoms with van der Waals surface area (Å²) in [6.07, 6.45) is 0.199. The van der Waals surface area contributed by atoms with Crippen LogP contribution in [-0.4, -0.2) is 31.7 Å². The van der Waals surface area contributed by atoms with Crippen molar-refractivity contribution in [3.05, 3.63) is 28.5 Å². The summed E-state index contributed by atoms with van der Waals surface area (Å²) in [5.74, 6) is -0.491. The number of morpholine rings is 1. The molecule has 0 saturated carbocycles. The standard InChI is InChI=1S/C12H14BrFN2O2.ClH/c13-10-5-8(1-2-11(10)14)16-12(17)6-9-7-15-3-4-18-9;/h1-2,5,9,15H,3-4,6-7H2,(H,16,17);1H. The van der Waals surface area contributed by atoms with Crippen LogP contribution in [0.25, 0.3) is 0 Å². The van der Waals surface area contributed by atoms with Crippen LogP contribution in [0.3, 0.4) is 0 Å². The summed E-state index contributed by atoms with van der Waals surface area (Å²) in [6, 6.07) is 4.36. The molecule has 7 heteroatoms. The number of halogens is 3. The second kappa shape index (κ2) is 7.79. The summed E-state index contributed by atoms with van der Waals surface area (Å²) in [7, 11) is 0. The second-order valence-corrected chi connectivity index (χ2v) is 4.93. The summed E-state index contributed by atoms with van der Waals surface area (Å²) in [5.41, 5.74) is 0.567. The molecule has 1 aliphatic rings. The van der Waals surface area contributed by atoms with Gasteiger partial charge in [0.25, 0.3) is 0 Å². The van der Waals surface area contributed by atoms with E-state index in [1.54, 1.807) is 0 Å². The van der Waals surface area contributed by atoms with Gasteiger partial charge in [-0.3, -0.25) is 4.79 Å². The maximum absolute atomic E-state index is 13.0. The van der Waals surface area contributed by atoms with Crippen molar-refractivity contribution in [1.82, 2.24) is 5.32 Å². The first-order chi connectivity index (χ1) is 8.65. The maximum Gasteiger partial charge on any atom is 0.227 e. The molecule has 106 valence electrons. The first-order valence-electron chi connectivity index (χ1n) is 5.72. The molecule has 1 amide bonds. The van der Waals surface area contributed by atoms with Crippen LogP contribution < -0.4 is 10.6 Å². The SMILES string of the molecule is Cl.O=C(CC1CNCCO1)Nc1ccc(F)c(Br)c1. The molecule has 2 N–H and O–H groups in total.